The highest BCUT2D eigenvalue weighted by Crippen LogP contribution is 2.57. The van der Waals surface area contributed by atoms with Crippen LogP contribution in [0.2, 0.25) is 0 Å². The Morgan fingerprint density at radius 2 is 1.15 bits per heavy atom. The van der Waals surface area contributed by atoms with Gasteiger partial charge in [0.15, 0.2) is 5.70 Å². The van der Waals surface area contributed by atoms with Gasteiger partial charge in [-0.05, 0) is 149 Å². The maximum absolute atomic E-state index is 15.1. The van der Waals surface area contributed by atoms with E-state index in [-0.39, 0.29) is 18.5 Å². The van der Waals surface area contributed by atoms with Crippen LogP contribution in [0.25, 0.3) is 22.5 Å². The molecule has 0 saturated carbocycles. The van der Waals surface area contributed by atoms with Crippen molar-refractivity contribution in [3.8, 4) is 11.1 Å². The van der Waals surface area contributed by atoms with Crippen LogP contribution >= 0.6 is 0 Å². The summed E-state index contributed by atoms with van der Waals surface area (Å²) < 4.78 is -1.12. The van der Waals surface area contributed by atoms with Crippen molar-refractivity contribution in [2.75, 3.05) is 29.4 Å². The third kappa shape index (κ3) is 8.28. The third-order valence-electron chi connectivity index (χ3n) is 15.4. The van der Waals surface area contributed by atoms with Gasteiger partial charge in [0.1, 0.15) is 12.1 Å². The molecule has 0 spiro atoms. The van der Waals surface area contributed by atoms with E-state index < -0.39 is 9.29 Å². The number of fused-ring (bicyclic) bond motifs is 1. The van der Waals surface area contributed by atoms with E-state index in [4.69, 9.17) is 0 Å². The van der Waals surface area contributed by atoms with Gasteiger partial charge in [-0.15, -0.1) is 0 Å². The van der Waals surface area contributed by atoms with E-state index in [0.29, 0.717) is 42.4 Å². The Bertz CT molecular complexity index is 2850. The van der Waals surface area contributed by atoms with E-state index in [1.165, 1.54) is 34.4 Å². The third-order valence-corrected chi connectivity index (χ3v) is 15.4. The Labute approximate surface area is 404 Å². The molecule has 6 nitrogen and oxygen atoms in total. The van der Waals surface area contributed by atoms with E-state index in [1.54, 1.807) is 0 Å². The molecule has 3 aliphatic carbocycles. The molecule has 346 valence electrons. The number of hydrogen-bond acceptors (Lipinski definition) is 4. The molecule has 0 radical (unpaired) electrons. The van der Waals surface area contributed by atoms with Gasteiger partial charge in [0.2, 0.25) is 11.4 Å². The highest BCUT2D eigenvalue weighted by atomic mass is 16.6. The normalized spacial score (nSPS) is 26.3. The summed E-state index contributed by atoms with van der Waals surface area (Å²) >= 11 is 0. The first kappa shape index (κ1) is 45.5. The van der Waals surface area contributed by atoms with Gasteiger partial charge in [-0.3, -0.25) is 4.65 Å². The summed E-state index contributed by atoms with van der Waals surface area (Å²) in [5, 5.41) is 29.9. The molecule has 10 rings (SSSR count). The number of benzene rings is 5. The van der Waals surface area contributed by atoms with Crippen molar-refractivity contribution in [2.45, 2.75) is 85.7 Å². The van der Waals surface area contributed by atoms with Gasteiger partial charge >= 0.3 is 0 Å². The Hall–Kier alpha value is -6.28. The first-order valence-corrected chi connectivity index (χ1v) is 25.0. The van der Waals surface area contributed by atoms with Crippen molar-refractivity contribution in [1.29, 1.82) is 0 Å². The van der Waals surface area contributed by atoms with Crippen molar-refractivity contribution in [3.05, 3.63) is 231 Å². The molecule has 7 unspecified atom stereocenters. The molecule has 5 aliphatic rings. The second-order valence-electron chi connectivity index (χ2n) is 20.1. The number of quaternary nitrogens is 2. The average Bonchev–Trinajstić information content (AvgIpc) is 3.64. The van der Waals surface area contributed by atoms with Crippen LogP contribution in [0.3, 0.4) is 0 Å². The number of likely N-dealkylation sites (N-methyl/N-ethyl adjacent to an activating group) is 2. The van der Waals surface area contributed by atoms with Crippen LogP contribution in [0.4, 0.5) is 17.1 Å². The fraction of sp³-hybridized carbons (Fsp3) is 0.290. The Morgan fingerprint density at radius 3 is 1.69 bits per heavy atom. The predicted molar refractivity (Wildman–Crippen MR) is 284 cm³/mol. The zero-order chi connectivity index (χ0) is 47.3. The summed E-state index contributed by atoms with van der Waals surface area (Å²) in [6, 6.07) is 44.0. The van der Waals surface area contributed by atoms with Gasteiger partial charge in [-0.2, -0.15) is 0 Å². The lowest BCUT2D eigenvalue weighted by atomic mass is 9.87. The van der Waals surface area contributed by atoms with Gasteiger partial charge < -0.3 is 24.9 Å². The number of rotatable bonds is 12. The molecule has 7 atom stereocenters. The van der Waals surface area contributed by atoms with E-state index in [2.05, 4.69) is 214 Å². The Kier molecular flexibility index (Phi) is 12.3. The molecule has 0 fully saturated rings. The number of anilines is 3. The van der Waals surface area contributed by atoms with Crippen LogP contribution in [0.15, 0.2) is 192 Å². The van der Waals surface area contributed by atoms with Gasteiger partial charge in [0, 0.05) is 45.8 Å². The average molecular weight is 899 g/mol. The maximum atomic E-state index is 15.1. The molecule has 68 heavy (non-hydrogen) atoms. The molecule has 5 aromatic carbocycles. The fourth-order valence-electron chi connectivity index (χ4n) is 11.4. The molecular weight excluding hydrogens is 833 g/mol. The van der Waals surface area contributed by atoms with Crippen molar-refractivity contribution in [2.24, 2.45) is 11.8 Å². The monoisotopic (exact) mass is 899 g/mol. The summed E-state index contributed by atoms with van der Waals surface area (Å²) in [6.07, 6.45) is 21.9. The van der Waals surface area contributed by atoms with Crippen LogP contribution in [-0.2, 0) is 0 Å². The molecule has 0 saturated heterocycles. The second-order valence-corrected chi connectivity index (χ2v) is 20.1. The summed E-state index contributed by atoms with van der Waals surface area (Å²) in [5.74, 6) is 1.24. The Morgan fingerprint density at radius 1 is 0.574 bits per heavy atom. The minimum Gasteiger partial charge on any atom is -0.627 e. The highest BCUT2D eigenvalue weighted by molar-refractivity contribution is 5.84. The van der Waals surface area contributed by atoms with E-state index in [1.807, 2.05) is 13.8 Å². The van der Waals surface area contributed by atoms with Crippen LogP contribution in [0.1, 0.15) is 87.6 Å². The van der Waals surface area contributed by atoms with Gasteiger partial charge in [-0.1, -0.05) is 134 Å². The summed E-state index contributed by atoms with van der Waals surface area (Å²) in [7, 11) is 0. The van der Waals surface area contributed by atoms with Gasteiger partial charge in [0.05, 0.1) is 19.1 Å². The second kappa shape index (κ2) is 18.3. The number of hydrogen-bond donors (Lipinski definition) is 0. The first-order chi connectivity index (χ1) is 32.9. The zero-order valence-electron chi connectivity index (χ0n) is 40.9. The Balaban J connectivity index is 0.893. The molecule has 2 aliphatic heterocycles. The van der Waals surface area contributed by atoms with Crippen molar-refractivity contribution in [1.82, 2.24) is 0 Å². The lowest BCUT2D eigenvalue weighted by Gasteiger charge is -2.49. The molecular formula is C62H66N4O2. The minimum absolute atomic E-state index is 0.213. The molecule has 0 bridgehead atoms. The topological polar surface area (TPSA) is 52.6 Å². The van der Waals surface area contributed by atoms with Gasteiger partial charge in [0.25, 0.3) is 0 Å². The van der Waals surface area contributed by atoms with Crippen molar-refractivity contribution in [3.63, 3.8) is 0 Å². The van der Waals surface area contributed by atoms with Crippen molar-refractivity contribution < 1.29 is 9.29 Å². The van der Waals surface area contributed by atoms with Crippen LogP contribution in [0, 0.1) is 36.1 Å². The lowest BCUT2D eigenvalue weighted by Crippen LogP contribution is -2.47. The number of hydroxylamine groups is 6. The number of allylic oxidation sites excluding steroid dienone is 6. The minimum atomic E-state index is -0.589. The standard InChI is InChI=1S/C62H66N4O2/c1-8-65(67)41-58-60(51-21-17-47(18-22-51)49-25-35-55(36-26-49)63(53-29-10-42(3)11-30-53)54-31-12-43(4)13-32-54)66(68,9-2)62(58)61(65)52-23-19-48(20-24-52)50-27-37-57(38-28-50)64(56-33-14-44(5)15-34-56)59-39-16-45(6)40-46(59)7/h10-14,16-25,27-33,35-40,44,46,49,56,59H,8-9,15,26,34,41H2,1-7H3. The molecule has 0 N–H and O–H groups in total. The van der Waals surface area contributed by atoms with E-state index in [9.17, 15) is 5.21 Å². The van der Waals surface area contributed by atoms with E-state index >= 15 is 5.21 Å². The smallest absolute Gasteiger partial charge is 0.215 e. The van der Waals surface area contributed by atoms with Crippen LogP contribution in [-0.4, -0.2) is 41.0 Å². The molecule has 2 heterocycles. The largest absolute Gasteiger partial charge is 0.627 e. The van der Waals surface area contributed by atoms with Crippen LogP contribution < -0.4 is 9.80 Å². The lowest BCUT2D eigenvalue weighted by molar-refractivity contribution is -0.799. The first-order valence-electron chi connectivity index (χ1n) is 25.0. The van der Waals surface area contributed by atoms with Gasteiger partial charge in [-0.25, -0.2) is 0 Å². The summed E-state index contributed by atoms with van der Waals surface area (Å²) in [4.78, 5) is 4.94. The quantitative estimate of drug-likeness (QED) is 0.0711. The molecule has 6 heteroatoms. The molecule has 0 aromatic heterocycles. The number of nitrogens with zero attached hydrogens (tertiary/aromatic N) is 4. The predicted octanol–water partition coefficient (Wildman–Crippen LogP) is 15.2. The summed E-state index contributed by atoms with van der Waals surface area (Å²) in [5.41, 5.74) is 16.5. The SMILES string of the molecule is CC[N+]1([O-])CC2=C(c3ccc(C4C=CC(N(c5ccc(C)cc5)c5ccc(C)cc5)=CC4)cc3)[N+]([O-])(CC)C2=C1c1ccc(-c2ccc(N(C3C=CC(C)CC3)C3C=CC(C)=CC3C)cc2)cc1. The highest BCUT2D eigenvalue weighted by Gasteiger charge is 2.57. The van der Waals surface area contributed by atoms with Crippen molar-refractivity contribution >= 4 is 28.5 Å². The number of aryl methyl sites for hydroxylation is 2. The maximum Gasteiger partial charge on any atom is 0.215 e. The zero-order valence-corrected chi connectivity index (χ0v) is 40.9. The molecule has 0 amide bonds. The summed E-state index contributed by atoms with van der Waals surface area (Å²) in [6.45, 7) is 15.9. The fourth-order valence-corrected chi connectivity index (χ4v) is 11.4. The molecule has 5 aromatic rings. The van der Waals surface area contributed by atoms with Crippen LogP contribution in [0.5, 0.6) is 0 Å². The van der Waals surface area contributed by atoms with E-state index in [0.717, 1.165) is 63.4 Å².